The van der Waals surface area contributed by atoms with Crippen LogP contribution in [0.2, 0.25) is 0 Å². The van der Waals surface area contributed by atoms with Gasteiger partial charge in [-0.15, -0.1) is 0 Å². The van der Waals surface area contributed by atoms with Crippen molar-refractivity contribution in [3.8, 4) is 0 Å². The van der Waals surface area contributed by atoms with Gasteiger partial charge in [0.05, 0.1) is 4.90 Å². The molecule has 0 bridgehead atoms. The Morgan fingerprint density at radius 1 is 1.11 bits per heavy atom. The summed E-state index contributed by atoms with van der Waals surface area (Å²) in [5.74, 6) is -0.525. The Balaban J connectivity index is 2.73. The largest absolute Gasteiger partial charge is 0.330 e. The van der Waals surface area contributed by atoms with Crippen LogP contribution in [-0.2, 0) is 21.2 Å². The SMILES string of the molecule is Cc1c(S(=O)(=O)c2ccc(F)cc2)c(NC(=O)C(C)C)n(CC(C)C)c1C. The molecular weight excluding hydrogens is 367 g/mol. The Morgan fingerprint density at radius 3 is 2.15 bits per heavy atom. The fourth-order valence-electron chi connectivity index (χ4n) is 2.87. The molecule has 0 spiro atoms. The number of anilines is 1. The Labute approximate surface area is 160 Å². The van der Waals surface area contributed by atoms with Crippen molar-refractivity contribution in [3.63, 3.8) is 0 Å². The molecule has 0 aliphatic heterocycles. The lowest BCUT2D eigenvalue weighted by molar-refractivity contribution is -0.118. The van der Waals surface area contributed by atoms with Gasteiger partial charge in [0, 0.05) is 18.2 Å². The highest BCUT2D eigenvalue weighted by molar-refractivity contribution is 7.91. The number of nitrogens with one attached hydrogen (secondary N) is 1. The van der Waals surface area contributed by atoms with Gasteiger partial charge >= 0.3 is 0 Å². The number of aromatic nitrogens is 1. The fraction of sp³-hybridized carbons (Fsp3) is 0.450. The molecule has 1 aromatic heterocycles. The maximum Gasteiger partial charge on any atom is 0.228 e. The molecule has 1 N–H and O–H groups in total. The highest BCUT2D eigenvalue weighted by Crippen LogP contribution is 2.36. The first-order valence-electron chi connectivity index (χ1n) is 8.98. The molecule has 1 aromatic carbocycles. The molecule has 0 atom stereocenters. The van der Waals surface area contributed by atoms with E-state index in [0.29, 0.717) is 12.1 Å². The molecule has 0 aliphatic rings. The second-order valence-corrected chi connectivity index (χ2v) is 9.38. The van der Waals surface area contributed by atoms with Gasteiger partial charge in [-0.1, -0.05) is 27.7 Å². The zero-order chi connectivity index (χ0) is 20.5. The van der Waals surface area contributed by atoms with Crippen molar-refractivity contribution >= 4 is 21.6 Å². The highest BCUT2D eigenvalue weighted by atomic mass is 32.2. The number of hydrogen-bond donors (Lipinski definition) is 1. The van der Waals surface area contributed by atoms with Crippen molar-refractivity contribution in [3.05, 3.63) is 41.3 Å². The van der Waals surface area contributed by atoms with Gasteiger partial charge in [-0.3, -0.25) is 4.79 Å². The third kappa shape index (κ3) is 4.24. The lowest BCUT2D eigenvalue weighted by Crippen LogP contribution is -2.22. The van der Waals surface area contributed by atoms with E-state index in [2.05, 4.69) is 5.32 Å². The first kappa shape index (κ1) is 21.2. The number of nitrogens with zero attached hydrogens (tertiary/aromatic N) is 1. The van der Waals surface area contributed by atoms with E-state index >= 15 is 0 Å². The molecule has 0 fully saturated rings. The van der Waals surface area contributed by atoms with Gasteiger partial charge < -0.3 is 9.88 Å². The van der Waals surface area contributed by atoms with Crippen LogP contribution in [0.1, 0.15) is 39.0 Å². The van der Waals surface area contributed by atoms with Crippen molar-refractivity contribution in [2.45, 2.75) is 57.9 Å². The molecule has 27 heavy (non-hydrogen) atoms. The molecule has 2 rings (SSSR count). The average molecular weight is 395 g/mol. The minimum absolute atomic E-state index is 0.00579. The number of carbonyl (C=O) groups excluding carboxylic acids is 1. The molecular formula is C20H27FN2O3S. The Bertz CT molecular complexity index is 943. The molecule has 0 saturated carbocycles. The molecule has 5 nitrogen and oxygen atoms in total. The minimum atomic E-state index is -3.93. The van der Waals surface area contributed by atoms with Gasteiger partial charge in [-0.25, -0.2) is 12.8 Å². The first-order chi connectivity index (χ1) is 12.5. The number of amides is 1. The Morgan fingerprint density at radius 2 is 1.67 bits per heavy atom. The maximum atomic E-state index is 13.3. The van der Waals surface area contributed by atoms with Crippen LogP contribution < -0.4 is 5.32 Å². The summed E-state index contributed by atoms with van der Waals surface area (Å²) in [4.78, 5) is 12.4. The number of carbonyl (C=O) groups is 1. The van der Waals surface area contributed by atoms with Crippen molar-refractivity contribution in [1.29, 1.82) is 0 Å². The summed E-state index contributed by atoms with van der Waals surface area (Å²) in [7, 11) is -3.93. The summed E-state index contributed by atoms with van der Waals surface area (Å²) < 4.78 is 41.7. The molecule has 0 radical (unpaired) electrons. The summed E-state index contributed by atoms with van der Waals surface area (Å²) in [5, 5.41) is 2.80. The molecule has 0 saturated heterocycles. The lowest BCUT2D eigenvalue weighted by atomic mass is 10.2. The van der Waals surface area contributed by atoms with E-state index in [-0.39, 0.29) is 33.4 Å². The van der Waals surface area contributed by atoms with Crippen LogP contribution in [-0.4, -0.2) is 18.9 Å². The molecule has 0 unspecified atom stereocenters. The second-order valence-electron chi connectivity index (χ2n) is 7.49. The minimum Gasteiger partial charge on any atom is -0.330 e. The van der Waals surface area contributed by atoms with E-state index in [1.165, 1.54) is 12.1 Å². The summed E-state index contributed by atoms with van der Waals surface area (Å²) in [6.45, 7) is 11.7. The fourth-order valence-corrected chi connectivity index (χ4v) is 4.57. The zero-order valence-electron chi connectivity index (χ0n) is 16.6. The van der Waals surface area contributed by atoms with E-state index in [1.54, 1.807) is 20.8 Å². The summed E-state index contributed by atoms with van der Waals surface area (Å²) in [6, 6.07) is 4.72. The van der Waals surface area contributed by atoms with Crippen molar-refractivity contribution in [2.24, 2.45) is 11.8 Å². The van der Waals surface area contributed by atoms with Gasteiger partial charge in [0.2, 0.25) is 15.7 Å². The average Bonchev–Trinajstić information content (AvgIpc) is 2.79. The summed E-state index contributed by atoms with van der Waals surface area (Å²) in [5.41, 5.74) is 1.36. The van der Waals surface area contributed by atoms with Crippen LogP contribution in [0.3, 0.4) is 0 Å². The number of halogens is 1. The highest BCUT2D eigenvalue weighted by Gasteiger charge is 2.31. The summed E-state index contributed by atoms with van der Waals surface area (Å²) >= 11 is 0. The zero-order valence-corrected chi connectivity index (χ0v) is 17.4. The topological polar surface area (TPSA) is 68.2 Å². The second kappa shape index (κ2) is 7.84. The molecule has 1 amide bonds. The van der Waals surface area contributed by atoms with Gasteiger partial charge in [-0.2, -0.15) is 0 Å². The van der Waals surface area contributed by atoms with Crippen LogP contribution in [0.25, 0.3) is 0 Å². The number of sulfone groups is 1. The van der Waals surface area contributed by atoms with E-state index in [1.807, 2.05) is 25.3 Å². The van der Waals surface area contributed by atoms with Crippen LogP contribution in [0.15, 0.2) is 34.1 Å². The van der Waals surface area contributed by atoms with E-state index < -0.39 is 15.7 Å². The normalized spacial score (nSPS) is 12.0. The number of benzene rings is 1. The van der Waals surface area contributed by atoms with E-state index in [0.717, 1.165) is 17.8 Å². The molecule has 2 aromatic rings. The standard InChI is InChI=1S/C20H27FN2O3S/c1-12(2)11-23-15(6)14(5)18(19(23)22-20(24)13(3)4)27(25,26)17-9-7-16(21)8-10-17/h7-10,12-13H,11H2,1-6H3,(H,22,24). The van der Waals surface area contributed by atoms with E-state index in [9.17, 15) is 17.6 Å². The van der Waals surface area contributed by atoms with Gasteiger partial charge in [0.25, 0.3) is 0 Å². The van der Waals surface area contributed by atoms with Gasteiger partial charge in [-0.05, 0) is 49.6 Å². The Hall–Kier alpha value is -2.15. The molecule has 1 heterocycles. The number of rotatable bonds is 6. The third-order valence-corrected chi connectivity index (χ3v) is 6.41. The van der Waals surface area contributed by atoms with Crippen LogP contribution in [0.4, 0.5) is 10.2 Å². The van der Waals surface area contributed by atoms with Crippen molar-refractivity contribution in [1.82, 2.24) is 4.57 Å². The number of hydrogen-bond acceptors (Lipinski definition) is 3. The Kier molecular flexibility index (Phi) is 6.14. The van der Waals surface area contributed by atoms with Crippen molar-refractivity contribution < 1.29 is 17.6 Å². The van der Waals surface area contributed by atoms with Crippen LogP contribution in [0, 0.1) is 31.5 Å². The summed E-state index contributed by atoms with van der Waals surface area (Å²) in [6.07, 6.45) is 0. The predicted molar refractivity (Wildman–Crippen MR) is 104 cm³/mol. The monoisotopic (exact) mass is 394 g/mol. The predicted octanol–water partition coefficient (Wildman–Crippen LogP) is 4.33. The van der Waals surface area contributed by atoms with Crippen LogP contribution >= 0.6 is 0 Å². The molecule has 7 heteroatoms. The first-order valence-corrected chi connectivity index (χ1v) is 10.5. The lowest BCUT2D eigenvalue weighted by Gasteiger charge is -2.17. The molecule has 0 aliphatic carbocycles. The molecule has 148 valence electrons. The van der Waals surface area contributed by atoms with Crippen LogP contribution in [0.5, 0.6) is 0 Å². The third-order valence-electron chi connectivity index (χ3n) is 4.48. The quantitative estimate of drug-likeness (QED) is 0.742. The maximum absolute atomic E-state index is 13.3. The van der Waals surface area contributed by atoms with Gasteiger partial charge in [0.15, 0.2) is 0 Å². The van der Waals surface area contributed by atoms with Gasteiger partial charge in [0.1, 0.15) is 16.5 Å². The smallest absolute Gasteiger partial charge is 0.228 e. The van der Waals surface area contributed by atoms with E-state index in [4.69, 9.17) is 0 Å². The van der Waals surface area contributed by atoms with Crippen molar-refractivity contribution in [2.75, 3.05) is 5.32 Å².